The summed E-state index contributed by atoms with van der Waals surface area (Å²) in [6.45, 7) is 7.22. The predicted octanol–water partition coefficient (Wildman–Crippen LogP) is 17.0. The number of halogens is 2. The normalized spacial score (nSPS) is 15.6. The zero-order valence-corrected chi connectivity index (χ0v) is 41.8. The third kappa shape index (κ3) is 9.15. The van der Waals surface area contributed by atoms with Gasteiger partial charge in [0.1, 0.15) is 0 Å². The Morgan fingerprint density at radius 3 is 1.02 bits per heavy atom. The maximum absolute atomic E-state index is 4.14. The van der Waals surface area contributed by atoms with E-state index in [0.29, 0.717) is 7.25 Å². The summed E-state index contributed by atoms with van der Waals surface area (Å²) in [5.41, 5.74) is 20.6. The number of unbranched alkanes of at least 4 members (excludes halogenated alkanes) is 6. The summed E-state index contributed by atoms with van der Waals surface area (Å²) in [7, 11) is 0. The van der Waals surface area contributed by atoms with Crippen LogP contribution < -0.4 is 0 Å². The fourth-order valence-electron chi connectivity index (χ4n) is 10.9. The molecule has 0 aromatic heterocycles. The molecule has 0 saturated heterocycles. The fraction of sp³-hybridized carbons (Fsp3) is 0.286. The first-order valence-electron chi connectivity index (χ1n) is 22.3. The van der Waals surface area contributed by atoms with Gasteiger partial charge >= 0.3 is 355 Å². The summed E-state index contributed by atoms with van der Waals surface area (Å²) in [6, 6.07) is 54.9. The predicted molar refractivity (Wildman–Crippen MR) is 268 cm³/mol. The van der Waals surface area contributed by atoms with Crippen LogP contribution >= 0.6 is 24.8 Å². The smallest absolute Gasteiger partial charge is 0.147 e. The number of benzene rings is 6. The minimum atomic E-state index is -4.14. The van der Waals surface area contributed by atoms with Gasteiger partial charge in [0.05, 0.1) is 0 Å². The Morgan fingerprint density at radius 1 is 0.400 bits per heavy atom. The molecule has 6 aromatic carbocycles. The molecule has 0 heterocycles. The summed E-state index contributed by atoms with van der Waals surface area (Å²) < 4.78 is 6.61. The molecular formula is C56H64Cl2SiZr. The Labute approximate surface area is 376 Å². The van der Waals surface area contributed by atoms with Gasteiger partial charge in [-0.05, 0) is 0 Å². The molecule has 0 saturated carbocycles. The van der Waals surface area contributed by atoms with Gasteiger partial charge in [-0.25, -0.2) is 0 Å². The van der Waals surface area contributed by atoms with Gasteiger partial charge in [0.2, 0.25) is 0 Å². The second kappa shape index (κ2) is 20.1. The van der Waals surface area contributed by atoms with Crippen molar-refractivity contribution in [2.45, 2.75) is 94.6 Å². The number of allylic oxidation sites excluding steroid dienone is 2. The second-order valence-electron chi connectivity index (χ2n) is 18.3. The Hall–Kier alpha value is -3.52. The van der Waals surface area contributed by atoms with Crippen LogP contribution in [-0.4, -0.2) is 6.88 Å². The molecule has 4 heteroatoms. The Kier molecular flexibility index (Phi) is 15.4. The molecule has 310 valence electrons. The van der Waals surface area contributed by atoms with Crippen molar-refractivity contribution >= 4 is 43.8 Å². The number of fused-ring (bicyclic) bond motifs is 2. The van der Waals surface area contributed by atoms with E-state index in [1.165, 1.54) is 120 Å². The molecule has 8 rings (SSSR count). The average molecular weight is 927 g/mol. The minimum absolute atomic E-state index is 0. The molecule has 0 nitrogen and oxygen atoms in total. The van der Waals surface area contributed by atoms with Crippen LogP contribution in [0.1, 0.15) is 108 Å². The maximum Gasteiger partial charge on any atom is -0.147 e. The molecule has 2 unspecified atom stereocenters. The standard InChI is InChI=1S/2C27H27.2CH3.2ClH.H2Si.Zr/c2*1-2-3-4-7-12-21-19-26-24(22-13-8-5-9-14-22)17-18-25(27(26)20-21)23-15-10-6-11-16-23;;;;;;/h2*5-6,8-11,13-20H,2-4,7,12H2,1H3;2*1H3;2*1H;1H2;. The summed E-state index contributed by atoms with van der Waals surface area (Å²) in [4.78, 5) is 0. The first-order valence-corrected chi connectivity index (χ1v) is 36.0. The van der Waals surface area contributed by atoms with E-state index in [2.05, 4.69) is 188 Å². The number of hydrogen-bond donors (Lipinski definition) is 0. The van der Waals surface area contributed by atoms with Crippen LogP contribution in [0.5, 0.6) is 0 Å². The largest absolute Gasteiger partial charge is 0.147 e. The SMILES string of the molecule is CCCCCCC1=Cc2c(-c3ccccc3)ccc(-c3ccccc3)c2[CH]1[Zr]([CH3])([CH3])(=[SiH2])[CH]1C(CCCCCC)=Cc2c(-c3ccccc3)ccc(-c3ccccc3)c21.Cl.Cl. The zero-order valence-electron chi connectivity index (χ0n) is 36.3. The van der Waals surface area contributed by atoms with Gasteiger partial charge in [-0.2, -0.15) is 0 Å². The van der Waals surface area contributed by atoms with Crippen molar-refractivity contribution in [2.24, 2.45) is 0 Å². The molecule has 2 aliphatic carbocycles. The molecule has 2 atom stereocenters. The first kappa shape index (κ1) is 46.0. The monoisotopic (exact) mass is 924 g/mol. The number of hydrogen-bond acceptors (Lipinski definition) is 0. The molecular weight excluding hydrogens is 863 g/mol. The molecule has 0 amide bonds. The van der Waals surface area contributed by atoms with E-state index in [1.54, 1.807) is 22.3 Å². The van der Waals surface area contributed by atoms with Gasteiger partial charge in [0.15, 0.2) is 0 Å². The van der Waals surface area contributed by atoms with Crippen molar-refractivity contribution in [1.29, 1.82) is 0 Å². The van der Waals surface area contributed by atoms with Crippen molar-refractivity contribution in [3.8, 4) is 44.5 Å². The Balaban J connectivity index is 0.00000302. The Bertz CT molecular complexity index is 2330. The fourth-order valence-corrected chi connectivity index (χ4v) is 30.5. The van der Waals surface area contributed by atoms with Gasteiger partial charge < -0.3 is 0 Å². The van der Waals surface area contributed by atoms with Crippen LogP contribution in [0, 0.1) is 0 Å². The van der Waals surface area contributed by atoms with Crippen molar-refractivity contribution in [3.63, 3.8) is 0 Å². The quantitative estimate of drug-likeness (QED) is 0.0670. The molecule has 0 radical (unpaired) electrons. The summed E-state index contributed by atoms with van der Waals surface area (Å²) in [5, 5.41) is 0. The molecule has 6 aromatic rings. The van der Waals surface area contributed by atoms with Crippen LogP contribution in [0.3, 0.4) is 0 Å². The van der Waals surface area contributed by atoms with E-state index in [0.717, 1.165) is 0 Å². The zero-order chi connectivity index (χ0) is 40.1. The van der Waals surface area contributed by atoms with E-state index in [1.807, 2.05) is 0 Å². The van der Waals surface area contributed by atoms with Gasteiger partial charge in [0.25, 0.3) is 0 Å². The van der Waals surface area contributed by atoms with E-state index in [9.17, 15) is 0 Å². The van der Waals surface area contributed by atoms with Crippen molar-refractivity contribution in [3.05, 3.63) is 179 Å². The third-order valence-corrected chi connectivity index (χ3v) is 30.8. The van der Waals surface area contributed by atoms with E-state index in [-0.39, 0.29) is 24.8 Å². The molecule has 60 heavy (non-hydrogen) atoms. The van der Waals surface area contributed by atoms with Gasteiger partial charge in [0, 0.05) is 0 Å². The van der Waals surface area contributed by atoms with E-state index < -0.39 is 17.4 Å². The van der Waals surface area contributed by atoms with E-state index in [4.69, 9.17) is 0 Å². The van der Waals surface area contributed by atoms with Crippen molar-refractivity contribution in [1.82, 2.24) is 0 Å². The van der Waals surface area contributed by atoms with Gasteiger partial charge in [-0.15, -0.1) is 24.8 Å². The van der Waals surface area contributed by atoms with Crippen LogP contribution in [0.25, 0.3) is 56.7 Å². The van der Waals surface area contributed by atoms with Gasteiger partial charge in [-0.3, -0.25) is 0 Å². The van der Waals surface area contributed by atoms with Crippen molar-refractivity contribution < 1.29 is 17.4 Å². The molecule has 2 aliphatic rings. The third-order valence-electron chi connectivity index (χ3n) is 13.4. The van der Waals surface area contributed by atoms with Gasteiger partial charge in [-0.1, -0.05) is 0 Å². The number of rotatable bonds is 16. The maximum atomic E-state index is 2.88. The van der Waals surface area contributed by atoms with Crippen LogP contribution in [0.15, 0.2) is 157 Å². The minimum Gasteiger partial charge on any atom is -0.147 e. The van der Waals surface area contributed by atoms with Crippen molar-refractivity contribution in [2.75, 3.05) is 0 Å². The second-order valence-corrected chi connectivity index (χ2v) is 48.8. The topological polar surface area (TPSA) is 0 Å². The van der Waals surface area contributed by atoms with Crippen LogP contribution in [-0.2, 0) is 17.4 Å². The van der Waals surface area contributed by atoms with Crippen LogP contribution in [0.2, 0.25) is 9.26 Å². The molecule has 0 spiro atoms. The molecule has 0 fully saturated rings. The molecule has 0 N–H and O–H groups in total. The summed E-state index contributed by atoms with van der Waals surface area (Å²) in [5.74, 6) is 0. The average Bonchev–Trinajstić information content (AvgIpc) is 3.86. The summed E-state index contributed by atoms with van der Waals surface area (Å²) in [6.07, 6.45) is 18.0. The van der Waals surface area contributed by atoms with E-state index >= 15 is 0 Å². The van der Waals surface area contributed by atoms with Crippen LogP contribution in [0.4, 0.5) is 0 Å². The summed E-state index contributed by atoms with van der Waals surface area (Å²) >= 11 is -4.14. The molecule has 0 bridgehead atoms. The molecule has 0 aliphatic heterocycles. The first-order chi connectivity index (χ1) is 28.3. The Morgan fingerprint density at radius 2 is 0.700 bits per heavy atom.